The zero-order chi connectivity index (χ0) is 20.4. The number of nitrogens with zero attached hydrogens (tertiary/aromatic N) is 2. The van der Waals surface area contributed by atoms with Crippen LogP contribution in [0, 0.1) is 19.7 Å². The minimum Gasteiger partial charge on any atom is -0.487 e. The van der Waals surface area contributed by atoms with Crippen molar-refractivity contribution in [3.63, 3.8) is 0 Å². The third-order valence-electron chi connectivity index (χ3n) is 4.60. The lowest BCUT2D eigenvalue weighted by Crippen LogP contribution is -2.13. The average molecular weight is 389 g/mol. The number of halogens is 1. The Labute approximate surface area is 167 Å². The van der Waals surface area contributed by atoms with Gasteiger partial charge in [0, 0.05) is 18.0 Å². The molecule has 0 fully saturated rings. The first kappa shape index (κ1) is 18.7. The number of fused-ring (bicyclic) bond motifs is 1. The number of anilines is 1. The molecule has 0 unspecified atom stereocenters. The highest BCUT2D eigenvalue weighted by Gasteiger charge is 2.10. The quantitative estimate of drug-likeness (QED) is 0.527. The monoisotopic (exact) mass is 389 g/mol. The fourth-order valence-electron chi connectivity index (χ4n) is 3.05. The van der Waals surface area contributed by atoms with Gasteiger partial charge in [-0.3, -0.25) is 4.79 Å². The lowest BCUT2D eigenvalue weighted by Gasteiger charge is -2.08. The van der Waals surface area contributed by atoms with Gasteiger partial charge in [-0.15, -0.1) is 0 Å². The lowest BCUT2D eigenvalue weighted by atomic mass is 10.2. The van der Waals surface area contributed by atoms with E-state index >= 15 is 0 Å². The van der Waals surface area contributed by atoms with E-state index in [1.165, 1.54) is 6.07 Å². The zero-order valence-corrected chi connectivity index (χ0v) is 16.1. The van der Waals surface area contributed by atoms with E-state index < -0.39 is 5.82 Å². The average Bonchev–Trinajstić information content (AvgIpc) is 3.13. The Morgan fingerprint density at radius 2 is 1.93 bits per heavy atom. The van der Waals surface area contributed by atoms with Crippen LogP contribution in [0.5, 0.6) is 5.75 Å². The molecule has 0 spiro atoms. The molecule has 4 rings (SSSR count). The van der Waals surface area contributed by atoms with Crippen molar-refractivity contribution < 1.29 is 13.9 Å². The van der Waals surface area contributed by atoms with Crippen molar-refractivity contribution >= 4 is 17.2 Å². The van der Waals surface area contributed by atoms with Crippen molar-refractivity contribution in [3.8, 4) is 5.75 Å². The smallest absolute Gasteiger partial charge is 0.255 e. The summed E-state index contributed by atoms with van der Waals surface area (Å²) in [6.07, 6.45) is 3.88. The third kappa shape index (κ3) is 4.11. The van der Waals surface area contributed by atoms with Crippen LogP contribution in [0.15, 0.2) is 67.0 Å². The normalized spacial score (nSPS) is 10.9. The van der Waals surface area contributed by atoms with E-state index in [0.717, 1.165) is 22.5 Å². The van der Waals surface area contributed by atoms with Crippen LogP contribution >= 0.6 is 0 Å². The summed E-state index contributed by atoms with van der Waals surface area (Å²) in [5.74, 6) is -0.215. The van der Waals surface area contributed by atoms with Crippen molar-refractivity contribution in [3.05, 3.63) is 95.2 Å². The van der Waals surface area contributed by atoms with Gasteiger partial charge in [0.1, 0.15) is 23.8 Å². The second-order valence-corrected chi connectivity index (χ2v) is 6.90. The molecule has 29 heavy (non-hydrogen) atoms. The Bertz CT molecular complexity index is 1180. The third-order valence-corrected chi connectivity index (χ3v) is 4.60. The van der Waals surface area contributed by atoms with Crippen LogP contribution in [0.2, 0.25) is 0 Å². The molecule has 2 heterocycles. The maximum absolute atomic E-state index is 13.9. The van der Waals surface area contributed by atoms with Gasteiger partial charge >= 0.3 is 0 Å². The summed E-state index contributed by atoms with van der Waals surface area (Å²) >= 11 is 0. The van der Waals surface area contributed by atoms with Crippen LogP contribution in [0.4, 0.5) is 10.1 Å². The summed E-state index contributed by atoms with van der Waals surface area (Å²) in [6.45, 7) is 4.13. The minimum absolute atomic E-state index is 0.156. The second kappa shape index (κ2) is 7.75. The number of rotatable bonds is 5. The molecule has 0 saturated carbocycles. The highest BCUT2D eigenvalue weighted by Crippen LogP contribution is 2.19. The molecule has 0 aliphatic heterocycles. The first-order valence-corrected chi connectivity index (χ1v) is 9.23. The number of aryl methyl sites for hydroxylation is 2. The number of carbonyl (C=O) groups excluding carboxylic acids is 1. The number of pyridine rings is 1. The Balaban J connectivity index is 1.40. The van der Waals surface area contributed by atoms with Gasteiger partial charge in [0.2, 0.25) is 0 Å². The Kier molecular flexibility index (Phi) is 4.99. The van der Waals surface area contributed by atoms with Crippen LogP contribution < -0.4 is 10.1 Å². The molecule has 0 atom stereocenters. The molecule has 0 saturated heterocycles. The SMILES string of the molecule is Cc1ccc(NC(=O)c2ccc(OCc3cn4cccc(C)c4n3)cc2)c(F)c1. The lowest BCUT2D eigenvalue weighted by molar-refractivity contribution is 0.102. The molecule has 5 nitrogen and oxygen atoms in total. The number of aromatic nitrogens is 2. The van der Waals surface area contributed by atoms with Crippen molar-refractivity contribution in [2.75, 3.05) is 5.32 Å². The number of amides is 1. The van der Waals surface area contributed by atoms with Gasteiger partial charge in [0.05, 0.1) is 11.4 Å². The summed E-state index contributed by atoms with van der Waals surface area (Å²) in [5, 5.41) is 2.58. The van der Waals surface area contributed by atoms with Crippen LogP contribution in [0.1, 0.15) is 27.2 Å². The van der Waals surface area contributed by atoms with E-state index in [1.54, 1.807) is 43.3 Å². The fourth-order valence-corrected chi connectivity index (χ4v) is 3.05. The second-order valence-electron chi connectivity index (χ2n) is 6.90. The van der Waals surface area contributed by atoms with E-state index in [2.05, 4.69) is 10.3 Å². The van der Waals surface area contributed by atoms with E-state index in [9.17, 15) is 9.18 Å². The van der Waals surface area contributed by atoms with Gasteiger partial charge in [-0.1, -0.05) is 12.1 Å². The number of hydrogen-bond donors (Lipinski definition) is 1. The first-order valence-electron chi connectivity index (χ1n) is 9.23. The van der Waals surface area contributed by atoms with Crippen LogP contribution in [-0.4, -0.2) is 15.3 Å². The standard InChI is InChI=1S/C23H20FN3O2/c1-15-5-10-21(20(24)12-15)26-23(28)17-6-8-19(9-7-17)29-14-18-13-27-11-3-4-16(2)22(27)25-18/h3-13H,14H2,1-2H3,(H,26,28). The molecule has 0 radical (unpaired) electrons. The number of ether oxygens (including phenoxy) is 1. The number of benzene rings is 2. The summed E-state index contributed by atoms with van der Waals surface area (Å²) < 4.78 is 21.7. The van der Waals surface area contributed by atoms with Gasteiger partial charge in [-0.2, -0.15) is 0 Å². The maximum Gasteiger partial charge on any atom is 0.255 e. The van der Waals surface area contributed by atoms with Gasteiger partial charge < -0.3 is 14.5 Å². The topological polar surface area (TPSA) is 55.6 Å². The molecule has 0 aliphatic carbocycles. The van der Waals surface area contributed by atoms with Crippen molar-refractivity contribution in [2.24, 2.45) is 0 Å². The van der Waals surface area contributed by atoms with E-state index in [-0.39, 0.29) is 11.6 Å². The fraction of sp³-hybridized carbons (Fsp3) is 0.130. The van der Waals surface area contributed by atoms with E-state index in [1.807, 2.05) is 35.9 Å². The predicted molar refractivity (Wildman–Crippen MR) is 110 cm³/mol. The first-order chi connectivity index (χ1) is 14.0. The summed E-state index contributed by atoms with van der Waals surface area (Å²) in [7, 11) is 0. The largest absolute Gasteiger partial charge is 0.487 e. The van der Waals surface area contributed by atoms with Crippen LogP contribution in [0.3, 0.4) is 0 Å². The minimum atomic E-state index is -0.457. The van der Waals surface area contributed by atoms with Crippen molar-refractivity contribution in [2.45, 2.75) is 20.5 Å². The maximum atomic E-state index is 13.9. The molecule has 6 heteroatoms. The zero-order valence-electron chi connectivity index (χ0n) is 16.1. The highest BCUT2D eigenvalue weighted by atomic mass is 19.1. The number of imidazole rings is 1. The summed E-state index contributed by atoms with van der Waals surface area (Å²) in [6, 6.07) is 15.4. The Morgan fingerprint density at radius 3 is 2.66 bits per heavy atom. The van der Waals surface area contributed by atoms with Crippen molar-refractivity contribution in [1.29, 1.82) is 0 Å². The summed E-state index contributed by atoms with van der Waals surface area (Å²) in [4.78, 5) is 16.9. The number of carbonyl (C=O) groups is 1. The molecule has 0 bridgehead atoms. The predicted octanol–water partition coefficient (Wildman–Crippen LogP) is 4.92. The van der Waals surface area contributed by atoms with E-state index in [0.29, 0.717) is 17.9 Å². The molecule has 1 amide bonds. The number of hydrogen-bond acceptors (Lipinski definition) is 3. The molecular weight excluding hydrogens is 369 g/mol. The molecular formula is C23H20FN3O2. The molecule has 1 N–H and O–H groups in total. The molecule has 0 aliphatic rings. The number of nitrogens with one attached hydrogen (secondary N) is 1. The Hall–Kier alpha value is -3.67. The summed E-state index contributed by atoms with van der Waals surface area (Å²) in [5.41, 5.74) is 4.18. The van der Waals surface area contributed by atoms with Crippen LogP contribution in [0.25, 0.3) is 5.65 Å². The van der Waals surface area contributed by atoms with Crippen LogP contribution in [-0.2, 0) is 6.61 Å². The van der Waals surface area contributed by atoms with Gasteiger partial charge in [-0.25, -0.2) is 9.37 Å². The van der Waals surface area contributed by atoms with Crippen molar-refractivity contribution in [1.82, 2.24) is 9.38 Å². The van der Waals surface area contributed by atoms with Gasteiger partial charge in [-0.05, 0) is 67.4 Å². The molecule has 2 aromatic heterocycles. The van der Waals surface area contributed by atoms with E-state index in [4.69, 9.17) is 4.74 Å². The molecule has 2 aromatic carbocycles. The Morgan fingerprint density at radius 1 is 1.14 bits per heavy atom. The molecule has 4 aromatic rings. The van der Waals surface area contributed by atoms with Gasteiger partial charge in [0.25, 0.3) is 5.91 Å². The molecule has 146 valence electrons. The highest BCUT2D eigenvalue weighted by molar-refractivity contribution is 6.04. The van der Waals surface area contributed by atoms with Gasteiger partial charge in [0.15, 0.2) is 0 Å².